The maximum absolute atomic E-state index is 12.4. The van der Waals surface area contributed by atoms with Crippen LogP contribution in [-0.4, -0.2) is 12.4 Å². The highest BCUT2D eigenvalue weighted by Crippen LogP contribution is 2.19. The topological polar surface area (TPSA) is 26.3 Å². The van der Waals surface area contributed by atoms with E-state index in [4.69, 9.17) is 4.74 Å². The second-order valence-electron chi connectivity index (χ2n) is 4.53. The summed E-state index contributed by atoms with van der Waals surface area (Å²) < 4.78 is 5.38. The average Bonchev–Trinajstić information content (AvgIpc) is 2.42. The Morgan fingerprint density at radius 3 is 2.37 bits per heavy atom. The molecule has 2 nitrogen and oxygen atoms in total. The SMILES string of the molecule is CCOc1ccc(C(=O)c2cccc(C)c2C)cc1. The van der Waals surface area contributed by atoms with Crippen LogP contribution in [0, 0.1) is 13.8 Å². The van der Waals surface area contributed by atoms with Gasteiger partial charge < -0.3 is 4.74 Å². The third-order valence-electron chi connectivity index (χ3n) is 3.28. The first-order valence-corrected chi connectivity index (χ1v) is 6.47. The second-order valence-corrected chi connectivity index (χ2v) is 4.53. The summed E-state index contributed by atoms with van der Waals surface area (Å²) in [5.41, 5.74) is 3.64. The van der Waals surface area contributed by atoms with Crippen LogP contribution in [0.2, 0.25) is 0 Å². The first kappa shape index (κ1) is 13.3. The minimum absolute atomic E-state index is 0.0595. The van der Waals surface area contributed by atoms with E-state index in [1.807, 2.05) is 63.2 Å². The molecular formula is C17H18O2. The molecule has 0 spiro atoms. The molecule has 2 aromatic rings. The molecule has 2 heteroatoms. The molecule has 0 fully saturated rings. The Hall–Kier alpha value is -2.09. The van der Waals surface area contributed by atoms with Gasteiger partial charge in [0.05, 0.1) is 6.61 Å². The minimum Gasteiger partial charge on any atom is -0.494 e. The molecule has 0 saturated carbocycles. The predicted molar refractivity (Wildman–Crippen MR) is 77.0 cm³/mol. The largest absolute Gasteiger partial charge is 0.494 e. The summed E-state index contributed by atoms with van der Waals surface area (Å²) in [6, 6.07) is 13.1. The Labute approximate surface area is 114 Å². The van der Waals surface area contributed by atoms with Gasteiger partial charge in [-0.2, -0.15) is 0 Å². The first-order chi connectivity index (χ1) is 9.13. The van der Waals surface area contributed by atoms with Crippen LogP contribution < -0.4 is 4.74 Å². The number of ether oxygens (including phenoxy) is 1. The van der Waals surface area contributed by atoms with E-state index in [0.29, 0.717) is 12.2 Å². The van der Waals surface area contributed by atoms with Gasteiger partial charge in [0.2, 0.25) is 0 Å². The summed E-state index contributed by atoms with van der Waals surface area (Å²) in [7, 11) is 0. The van der Waals surface area contributed by atoms with Crippen molar-refractivity contribution in [3.63, 3.8) is 0 Å². The smallest absolute Gasteiger partial charge is 0.193 e. The van der Waals surface area contributed by atoms with Crippen LogP contribution in [0.4, 0.5) is 0 Å². The highest BCUT2D eigenvalue weighted by molar-refractivity contribution is 6.10. The van der Waals surface area contributed by atoms with Crippen LogP contribution >= 0.6 is 0 Å². The van der Waals surface area contributed by atoms with E-state index in [1.54, 1.807) is 0 Å². The molecule has 2 rings (SSSR count). The fraction of sp³-hybridized carbons (Fsp3) is 0.235. The highest BCUT2D eigenvalue weighted by Gasteiger charge is 2.12. The summed E-state index contributed by atoms with van der Waals surface area (Å²) in [6.07, 6.45) is 0. The van der Waals surface area contributed by atoms with Crippen molar-refractivity contribution >= 4 is 5.78 Å². The zero-order valence-corrected chi connectivity index (χ0v) is 11.6. The summed E-state index contributed by atoms with van der Waals surface area (Å²) in [6.45, 7) is 6.57. The van der Waals surface area contributed by atoms with E-state index in [1.165, 1.54) is 0 Å². The van der Waals surface area contributed by atoms with Gasteiger partial charge in [0.25, 0.3) is 0 Å². The molecule has 0 aliphatic heterocycles. The van der Waals surface area contributed by atoms with Crippen LogP contribution in [0.1, 0.15) is 34.0 Å². The number of benzene rings is 2. The standard InChI is InChI=1S/C17H18O2/c1-4-19-15-10-8-14(9-11-15)17(18)16-7-5-6-12(2)13(16)3/h5-11H,4H2,1-3H3. The Bertz CT molecular complexity index is 583. The predicted octanol–water partition coefficient (Wildman–Crippen LogP) is 3.93. The summed E-state index contributed by atoms with van der Waals surface area (Å²) in [5, 5.41) is 0. The summed E-state index contributed by atoms with van der Waals surface area (Å²) in [5.74, 6) is 0.851. The average molecular weight is 254 g/mol. The van der Waals surface area contributed by atoms with E-state index in [2.05, 4.69) is 0 Å². The van der Waals surface area contributed by atoms with Gasteiger partial charge in [-0.25, -0.2) is 0 Å². The van der Waals surface area contributed by atoms with Gasteiger partial charge in [-0.3, -0.25) is 4.79 Å². The maximum Gasteiger partial charge on any atom is 0.193 e. The number of aryl methyl sites for hydroxylation is 1. The van der Waals surface area contributed by atoms with E-state index >= 15 is 0 Å². The molecule has 0 bridgehead atoms. The van der Waals surface area contributed by atoms with Crippen molar-refractivity contribution in [1.82, 2.24) is 0 Å². The minimum atomic E-state index is 0.0595. The lowest BCUT2D eigenvalue weighted by atomic mass is 9.96. The fourth-order valence-electron chi connectivity index (χ4n) is 2.02. The van der Waals surface area contributed by atoms with Gasteiger partial charge >= 0.3 is 0 Å². The zero-order chi connectivity index (χ0) is 13.8. The van der Waals surface area contributed by atoms with Gasteiger partial charge in [-0.05, 0) is 56.2 Å². The summed E-state index contributed by atoms with van der Waals surface area (Å²) >= 11 is 0. The third-order valence-corrected chi connectivity index (χ3v) is 3.28. The monoisotopic (exact) mass is 254 g/mol. The molecule has 98 valence electrons. The molecular weight excluding hydrogens is 236 g/mol. The van der Waals surface area contributed by atoms with Crippen LogP contribution in [0.5, 0.6) is 5.75 Å². The fourth-order valence-corrected chi connectivity index (χ4v) is 2.02. The molecule has 0 aliphatic carbocycles. The molecule has 0 radical (unpaired) electrons. The molecule has 0 aromatic heterocycles. The number of hydrogen-bond donors (Lipinski definition) is 0. The summed E-state index contributed by atoms with van der Waals surface area (Å²) in [4.78, 5) is 12.4. The third kappa shape index (κ3) is 2.84. The lowest BCUT2D eigenvalue weighted by molar-refractivity contribution is 0.103. The van der Waals surface area contributed by atoms with Crippen molar-refractivity contribution in [2.75, 3.05) is 6.61 Å². The van der Waals surface area contributed by atoms with Crippen molar-refractivity contribution in [2.45, 2.75) is 20.8 Å². The lowest BCUT2D eigenvalue weighted by Gasteiger charge is -2.08. The van der Waals surface area contributed by atoms with Gasteiger partial charge in [0.15, 0.2) is 5.78 Å². The quantitative estimate of drug-likeness (QED) is 0.773. The van der Waals surface area contributed by atoms with E-state index < -0.39 is 0 Å². The molecule has 0 atom stereocenters. The second kappa shape index (κ2) is 5.70. The van der Waals surface area contributed by atoms with Crippen molar-refractivity contribution in [3.8, 4) is 5.75 Å². The van der Waals surface area contributed by atoms with Gasteiger partial charge in [0, 0.05) is 11.1 Å². The number of carbonyl (C=O) groups is 1. The van der Waals surface area contributed by atoms with Crippen molar-refractivity contribution in [1.29, 1.82) is 0 Å². The molecule has 0 heterocycles. The van der Waals surface area contributed by atoms with E-state index in [9.17, 15) is 4.79 Å². The van der Waals surface area contributed by atoms with Crippen LogP contribution in [-0.2, 0) is 0 Å². The van der Waals surface area contributed by atoms with Crippen LogP contribution in [0.25, 0.3) is 0 Å². The molecule has 0 aliphatic rings. The van der Waals surface area contributed by atoms with Crippen LogP contribution in [0.15, 0.2) is 42.5 Å². The van der Waals surface area contributed by atoms with Gasteiger partial charge in [-0.15, -0.1) is 0 Å². The number of ketones is 1. The molecule has 0 amide bonds. The molecule has 0 saturated heterocycles. The number of hydrogen-bond acceptors (Lipinski definition) is 2. The Morgan fingerprint density at radius 2 is 1.74 bits per heavy atom. The van der Waals surface area contributed by atoms with E-state index in [-0.39, 0.29) is 5.78 Å². The first-order valence-electron chi connectivity index (χ1n) is 6.47. The van der Waals surface area contributed by atoms with E-state index in [0.717, 1.165) is 22.4 Å². The number of rotatable bonds is 4. The van der Waals surface area contributed by atoms with Crippen LogP contribution in [0.3, 0.4) is 0 Å². The maximum atomic E-state index is 12.4. The lowest BCUT2D eigenvalue weighted by Crippen LogP contribution is -2.04. The molecule has 19 heavy (non-hydrogen) atoms. The van der Waals surface area contributed by atoms with Crippen molar-refractivity contribution < 1.29 is 9.53 Å². The number of carbonyl (C=O) groups excluding carboxylic acids is 1. The zero-order valence-electron chi connectivity index (χ0n) is 11.6. The van der Waals surface area contributed by atoms with Gasteiger partial charge in [0.1, 0.15) is 5.75 Å². The Balaban J connectivity index is 2.31. The highest BCUT2D eigenvalue weighted by atomic mass is 16.5. The molecule has 0 unspecified atom stereocenters. The Kier molecular flexibility index (Phi) is 4.00. The molecule has 0 N–H and O–H groups in total. The van der Waals surface area contributed by atoms with Crippen molar-refractivity contribution in [2.24, 2.45) is 0 Å². The molecule has 2 aromatic carbocycles. The normalized spacial score (nSPS) is 10.3. The van der Waals surface area contributed by atoms with Gasteiger partial charge in [-0.1, -0.05) is 18.2 Å². The Morgan fingerprint density at radius 1 is 1.05 bits per heavy atom. The van der Waals surface area contributed by atoms with Crippen molar-refractivity contribution in [3.05, 3.63) is 64.7 Å².